The summed E-state index contributed by atoms with van der Waals surface area (Å²) in [5.41, 5.74) is 0. The predicted molar refractivity (Wildman–Crippen MR) is 15.7 cm³/mol. The first-order valence-corrected chi connectivity index (χ1v) is 0. The van der Waals surface area contributed by atoms with Crippen LogP contribution in [0.5, 0.6) is 0 Å². The quantitative estimate of drug-likeness (QED) is 0.270. The van der Waals surface area contributed by atoms with Gasteiger partial charge in [0.1, 0.15) is 0 Å². The van der Waals surface area contributed by atoms with Crippen molar-refractivity contribution < 1.29 is 41.9 Å². The summed E-state index contributed by atoms with van der Waals surface area (Å²) in [4.78, 5) is 0. The molecule has 0 heterocycles. The third-order valence-corrected chi connectivity index (χ3v) is 0. The van der Waals surface area contributed by atoms with Gasteiger partial charge in [-0.25, -0.2) is 0 Å². The molecule has 0 aromatic carbocycles. The van der Waals surface area contributed by atoms with Crippen molar-refractivity contribution in [1.82, 2.24) is 0 Å². The van der Waals surface area contributed by atoms with E-state index in [4.69, 9.17) is 0 Å². The smallest absolute Gasteiger partial charge is 1.00 e. The van der Waals surface area contributed by atoms with Gasteiger partial charge in [-0.3, -0.25) is 0 Å². The fourth-order valence-corrected chi connectivity index (χ4v) is 0. The summed E-state index contributed by atoms with van der Waals surface area (Å²) in [5, 5.41) is 0. The molecule has 0 aliphatic rings. The number of hydrogen-bond acceptors (Lipinski definition) is 0. The molecular weight excluding hydrogens is 87.1 g/mol. The van der Waals surface area contributed by atoms with Crippen molar-refractivity contribution in [2.45, 2.75) is 0 Å². The largest absolute Gasteiger partial charge is 2.00 e. The normalized spacial score (nSPS) is 0. The molecule has 0 atom stereocenters. The van der Waals surface area contributed by atoms with Crippen LogP contribution in [0.25, 0.3) is 0 Å². The van der Waals surface area contributed by atoms with E-state index < -0.39 is 0 Å². The van der Waals surface area contributed by atoms with Crippen molar-refractivity contribution in [1.29, 1.82) is 0 Å². The van der Waals surface area contributed by atoms with Crippen LogP contribution in [0.4, 0.5) is 0 Å². The molecule has 0 saturated carbocycles. The summed E-state index contributed by atoms with van der Waals surface area (Å²) >= 11 is 0. The van der Waals surface area contributed by atoms with Crippen LogP contribution in [0.1, 0.15) is 1.43 Å². The van der Waals surface area contributed by atoms with Crippen LogP contribution in [0.2, 0.25) is 0 Å². The van der Waals surface area contributed by atoms with Gasteiger partial charge < -0.3 is 24.4 Å². The molecule has 24 valence electrons. The zero-order valence-electron chi connectivity index (χ0n) is 3.41. The van der Waals surface area contributed by atoms with Gasteiger partial charge in [-0.2, -0.15) is 0 Å². The van der Waals surface area contributed by atoms with E-state index in [1.165, 1.54) is 0 Å². The minimum Gasteiger partial charge on any atom is -2.00 e. The fraction of sp³-hybridized carbons (Fsp3) is 0. The van der Waals surface area contributed by atoms with Crippen LogP contribution < -0.4 is 29.6 Å². The first kappa shape index (κ1) is 59.6. The first-order chi connectivity index (χ1) is 0. The van der Waals surface area contributed by atoms with Gasteiger partial charge in [-0.1, -0.05) is 0 Å². The monoisotopic (exact) mass is 92.0 g/mol. The Hall–Kier alpha value is 1.27. The van der Waals surface area contributed by atoms with Crippen molar-refractivity contribution in [2.24, 2.45) is 0 Å². The Morgan fingerprint density at radius 3 is 1.00 bits per heavy atom. The van der Waals surface area contributed by atoms with E-state index in [-0.39, 0.29) is 55.4 Å². The van der Waals surface area contributed by atoms with E-state index >= 15 is 0 Å². The molecule has 0 aliphatic heterocycles. The zero-order valence-corrected chi connectivity index (χ0v) is 5.22. The average molecular weight is 92.1 g/mol. The molecule has 0 spiro atoms. The molecule has 0 aromatic heterocycles. The first-order valence-electron chi connectivity index (χ1n) is 0. The van der Waals surface area contributed by atoms with Crippen LogP contribution >= 0.6 is 0 Å². The van der Waals surface area contributed by atoms with Crippen molar-refractivity contribution in [2.75, 3.05) is 0 Å². The third kappa shape index (κ3) is 10.4. The molecule has 0 aromatic rings. The van der Waals surface area contributed by atoms with Gasteiger partial charge in [0.2, 0.25) is 0 Å². The summed E-state index contributed by atoms with van der Waals surface area (Å²) < 4.78 is 0. The van der Waals surface area contributed by atoms with Gasteiger partial charge in [0, 0.05) is 0 Å². The second kappa shape index (κ2) is 28.3. The Balaban J connectivity index is 0. The van der Waals surface area contributed by atoms with Crippen LogP contribution in [-0.2, 0) is 13.5 Å². The molecule has 0 unspecified atom stereocenters. The predicted octanol–water partition coefficient (Wildman–Crippen LogP) is -4.54. The molecule has 0 radical (unpaired) electrons. The van der Waals surface area contributed by atoms with Gasteiger partial charge in [0.05, 0.1) is 0 Å². The van der Waals surface area contributed by atoms with Crippen LogP contribution in [0.15, 0.2) is 0 Å². The molecule has 0 rings (SSSR count). The maximum absolute atomic E-state index is 0. The average Bonchev–Trinajstić information content (AvgIpc) is 0. The Bertz CT molecular complexity index is 9.61. The van der Waals surface area contributed by atoms with Crippen molar-refractivity contribution in [3.63, 3.8) is 0 Å². The minimum atomic E-state index is 0. The fourth-order valence-electron chi connectivity index (χ4n) is 0. The second-order valence-electron chi connectivity index (χ2n) is 0. The van der Waals surface area contributed by atoms with E-state index in [1.54, 1.807) is 0 Å². The van der Waals surface area contributed by atoms with Crippen molar-refractivity contribution in [3.05, 3.63) is 0 Å². The van der Waals surface area contributed by atoms with Gasteiger partial charge in [-0.05, 0) is 0 Å². The van der Waals surface area contributed by atoms with Gasteiger partial charge in [0.15, 0.2) is 0 Å². The molecule has 0 amide bonds. The minimum absolute atomic E-state index is 0. The van der Waals surface area contributed by atoms with Gasteiger partial charge >= 0.3 is 31.0 Å². The molecule has 0 fully saturated rings. The second-order valence-corrected chi connectivity index (χ2v) is 0. The molecular formula is H5NaO2S. The van der Waals surface area contributed by atoms with E-state index in [0.717, 1.165) is 0 Å². The van der Waals surface area contributed by atoms with E-state index in [1.807, 2.05) is 0 Å². The maximum Gasteiger partial charge on any atom is 1.00 e. The molecule has 2 nitrogen and oxygen atoms in total. The Morgan fingerprint density at radius 1 is 1.00 bits per heavy atom. The Kier molecular flexibility index (Phi) is 422. The standard InChI is InChI=1S/Na.2H2O.S/h;2*1H2;/q+1;;;-2/p+1. The third-order valence-electron chi connectivity index (χ3n) is 0. The van der Waals surface area contributed by atoms with Crippen LogP contribution in [0.3, 0.4) is 0 Å². The topological polar surface area (TPSA) is 63.0 Å². The molecule has 0 saturated heterocycles. The Labute approximate surface area is 55.4 Å². The summed E-state index contributed by atoms with van der Waals surface area (Å²) in [6.45, 7) is 0. The van der Waals surface area contributed by atoms with E-state index in [2.05, 4.69) is 0 Å². The maximum atomic E-state index is 0. The van der Waals surface area contributed by atoms with Crippen LogP contribution in [0, 0.1) is 0 Å². The van der Waals surface area contributed by atoms with Gasteiger partial charge in [0.25, 0.3) is 0 Å². The number of rotatable bonds is 0. The van der Waals surface area contributed by atoms with Crippen LogP contribution in [-0.4, -0.2) is 11.0 Å². The summed E-state index contributed by atoms with van der Waals surface area (Å²) in [7, 11) is 0. The summed E-state index contributed by atoms with van der Waals surface area (Å²) in [6, 6.07) is 0. The molecule has 4 N–H and O–H groups in total. The molecule has 4 heavy (non-hydrogen) atoms. The van der Waals surface area contributed by atoms with Crippen molar-refractivity contribution >= 4 is 13.5 Å². The van der Waals surface area contributed by atoms with Crippen molar-refractivity contribution in [3.8, 4) is 0 Å². The van der Waals surface area contributed by atoms with E-state index in [9.17, 15) is 0 Å². The number of hydrogen-bond donors (Lipinski definition) is 0. The zero-order chi connectivity index (χ0) is 0. The molecule has 0 aliphatic carbocycles. The molecule has 0 bridgehead atoms. The summed E-state index contributed by atoms with van der Waals surface area (Å²) in [6.07, 6.45) is 0. The van der Waals surface area contributed by atoms with Gasteiger partial charge in [-0.15, -0.1) is 0 Å². The SMILES string of the molecule is O.O.[H+].[Na+].[S-2]. The van der Waals surface area contributed by atoms with E-state index in [0.29, 0.717) is 0 Å². The Morgan fingerprint density at radius 2 is 1.00 bits per heavy atom. The molecule has 4 heteroatoms. The summed E-state index contributed by atoms with van der Waals surface area (Å²) in [5.74, 6) is 0.